The summed E-state index contributed by atoms with van der Waals surface area (Å²) in [6, 6.07) is 14.5. The number of aryl methyl sites for hydroxylation is 3. The van der Waals surface area contributed by atoms with E-state index in [1.165, 1.54) is 16.7 Å². The molecule has 0 aliphatic rings. The van der Waals surface area contributed by atoms with Crippen LogP contribution < -0.4 is 5.69 Å². The first-order chi connectivity index (χ1) is 13.5. The molecule has 28 heavy (non-hydrogen) atoms. The Labute approximate surface area is 159 Å². The van der Waals surface area contributed by atoms with Crippen molar-refractivity contribution in [1.82, 2.24) is 19.3 Å². The Balaban J connectivity index is 1.79. The number of hydrogen-bond donors (Lipinski definition) is 1. The van der Waals surface area contributed by atoms with Crippen LogP contribution in [0.4, 0.5) is 0 Å². The number of carbonyl (C=O) groups is 1. The van der Waals surface area contributed by atoms with Crippen molar-refractivity contribution in [2.75, 3.05) is 0 Å². The summed E-state index contributed by atoms with van der Waals surface area (Å²) in [6.45, 7) is 2.25. The molecule has 2 heterocycles. The number of carboxylic acids is 1. The van der Waals surface area contributed by atoms with Gasteiger partial charge in [-0.25, -0.2) is 9.59 Å². The van der Waals surface area contributed by atoms with Crippen LogP contribution in [0, 0.1) is 6.92 Å². The lowest BCUT2D eigenvalue weighted by Gasteiger charge is -2.04. The molecule has 0 unspecified atom stereocenters. The molecule has 0 bridgehead atoms. The third kappa shape index (κ3) is 3.32. The maximum absolute atomic E-state index is 13.1. The fraction of sp³-hybridized carbons (Fsp3) is 0.200. The zero-order valence-corrected chi connectivity index (χ0v) is 15.2. The standard InChI is InChI=1S/C20H18N4O4/c1-13-21-18(28-22-13)12-24-17-11-15(19(25)26)7-8-16(17)23(20(24)27)10-9-14-5-3-2-4-6-14/h2-8,11H,9-10,12H2,1H3,(H,25,26). The van der Waals surface area contributed by atoms with Crippen LogP contribution in [-0.2, 0) is 19.5 Å². The second kappa shape index (κ2) is 7.15. The number of hydrogen-bond acceptors (Lipinski definition) is 5. The summed E-state index contributed by atoms with van der Waals surface area (Å²) in [6.07, 6.45) is 0.681. The zero-order valence-electron chi connectivity index (χ0n) is 15.2. The van der Waals surface area contributed by atoms with E-state index in [0.29, 0.717) is 35.7 Å². The third-order valence-electron chi connectivity index (χ3n) is 4.60. The molecule has 0 radical (unpaired) electrons. The van der Waals surface area contributed by atoms with Crippen molar-refractivity contribution in [3.63, 3.8) is 0 Å². The van der Waals surface area contributed by atoms with Crippen molar-refractivity contribution in [3.05, 3.63) is 81.9 Å². The normalized spacial score (nSPS) is 11.2. The quantitative estimate of drug-likeness (QED) is 0.553. The van der Waals surface area contributed by atoms with E-state index >= 15 is 0 Å². The number of benzene rings is 2. The van der Waals surface area contributed by atoms with Crippen LogP contribution in [0.15, 0.2) is 57.8 Å². The van der Waals surface area contributed by atoms with Gasteiger partial charge in [-0.15, -0.1) is 0 Å². The average Bonchev–Trinajstić information content (AvgIpc) is 3.22. The highest BCUT2D eigenvalue weighted by molar-refractivity contribution is 5.92. The molecule has 0 aliphatic heterocycles. The van der Waals surface area contributed by atoms with Gasteiger partial charge in [0, 0.05) is 6.54 Å². The van der Waals surface area contributed by atoms with Crippen molar-refractivity contribution in [2.24, 2.45) is 0 Å². The summed E-state index contributed by atoms with van der Waals surface area (Å²) in [5, 5.41) is 13.1. The molecule has 0 fully saturated rings. The summed E-state index contributed by atoms with van der Waals surface area (Å²) in [4.78, 5) is 28.6. The van der Waals surface area contributed by atoms with E-state index in [4.69, 9.17) is 4.52 Å². The Kier molecular flexibility index (Phi) is 4.52. The Morgan fingerprint density at radius 2 is 1.89 bits per heavy atom. The van der Waals surface area contributed by atoms with Crippen LogP contribution in [0.2, 0.25) is 0 Å². The summed E-state index contributed by atoms with van der Waals surface area (Å²) in [5.41, 5.74) is 2.17. The molecule has 8 nitrogen and oxygen atoms in total. The van der Waals surface area contributed by atoms with Gasteiger partial charge < -0.3 is 9.63 Å². The molecule has 0 aliphatic carbocycles. The topological polar surface area (TPSA) is 103 Å². The van der Waals surface area contributed by atoms with E-state index in [-0.39, 0.29) is 17.8 Å². The van der Waals surface area contributed by atoms with E-state index < -0.39 is 5.97 Å². The van der Waals surface area contributed by atoms with Gasteiger partial charge in [0.15, 0.2) is 5.82 Å². The largest absolute Gasteiger partial charge is 0.478 e. The first-order valence-electron chi connectivity index (χ1n) is 8.82. The fourth-order valence-electron chi connectivity index (χ4n) is 3.25. The highest BCUT2D eigenvalue weighted by Crippen LogP contribution is 2.18. The number of imidazole rings is 1. The predicted molar refractivity (Wildman–Crippen MR) is 101 cm³/mol. The molecule has 142 valence electrons. The highest BCUT2D eigenvalue weighted by Gasteiger charge is 2.17. The minimum absolute atomic E-state index is 0.0809. The first kappa shape index (κ1) is 17.7. The molecule has 0 saturated heterocycles. The number of nitrogens with zero attached hydrogens (tertiary/aromatic N) is 4. The number of carboxylic acid groups (broad SMARTS) is 1. The molecule has 0 atom stereocenters. The molecule has 0 amide bonds. The monoisotopic (exact) mass is 378 g/mol. The average molecular weight is 378 g/mol. The van der Waals surface area contributed by atoms with Gasteiger partial charge >= 0.3 is 11.7 Å². The van der Waals surface area contributed by atoms with Crippen molar-refractivity contribution in [3.8, 4) is 0 Å². The summed E-state index contributed by atoms with van der Waals surface area (Å²) < 4.78 is 8.26. The van der Waals surface area contributed by atoms with Gasteiger partial charge in [-0.1, -0.05) is 35.5 Å². The number of aromatic nitrogens is 4. The molecule has 1 N–H and O–H groups in total. The van der Waals surface area contributed by atoms with E-state index in [1.54, 1.807) is 17.6 Å². The van der Waals surface area contributed by atoms with Gasteiger partial charge in [0.1, 0.15) is 6.54 Å². The van der Waals surface area contributed by atoms with Crippen molar-refractivity contribution in [1.29, 1.82) is 0 Å². The number of rotatable bonds is 6. The molecule has 4 aromatic rings. The van der Waals surface area contributed by atoms with Gasteiger partial charge in [0.25, 0.3) is 0 Å². The fourth-order valence-corrected chi connectivity index (χ4v) is 3.25. The lowest BCUT2D eigenvalue weighted by atomic mass is 10.1. The van der Waals surface area contributed by atoms with Crippen molar-refractivity contribution < 1.29 is 14.4 Å². The molecular weight excluding hydrogens is 360 g/mol. The third-order valence-corrected chi connectivity index (χ3v) is 4.60. The Bertz CT molecular complexity index is 1200. The SMILES string of the molecule is Cc1noc(Cn2c(=O)n(CCc3ccccc3)c3ccc(C(=O)O)cc32)n1. The van der Waals surface area contributed by atoms with E-state index in [0.717, 1.165) is 5.56 Å². The molecule has 8 heteroatoms. The van der Waals surface area contributed by atoms with Crippen LogP contribution in [0.25, 0.3) is 11.0 Å². The summed E-state index contributed by atoms with van der Waals surface area (Å²) in [7, 11) is 0. The second-order valence-electron chi connectivity index (χ2n) is 6.50. The lowest BCUT2D eigenvalue weighted by molar-refractivity contribution is 0.0697. The maximum atomic E-state index is 13.1. The van der Waals surface area contributed by atoms with Gasteiger partial charge in [-0.2, -0.15) is 4.98 Å². The minimum atomic E-state index is -1.05. The van der Waals surface area contributed by atoms with Crippen LogP contribution >= 0.6 is 0 Å². The Hall–Kier alpha value is -3.68. The van der Waals surface area contributed by atoms with E-state index in [2.05, 4.69) is 10.1 Å². The highest BCUT2D eigenvalue weighted by atomic mass is 16.5. The number of aromatic carboxylic acids is 1. The maximum Gasteiger partial charge on any atom is 0.335 e. The van der Waals surface area contributed by atoms with Gasteiger partial charge in [0.2, 0.25) is 5.89 Å². The second-order valence-corrected chi connectivity index (χ2v) is 6.50. The van der Waals surface area contributed by atoms with Crippen LogP contribution in [0.1, 0.15) is 27.6 Å². The molecular formula is C20H18N4O4. The molecule has 2 aromatic carbocycles. The summed E-state index contributed by atoms with van der Waals surface area (Å²) in [5.74, 6) is -0.281. The molecule has 2 aromatic heterocycles. The van der Waals surface area contributed by atoms with Gasteiger partial charge in [-0.3, -0.25) is 9.13 Å². The van der Waals surface area contributed by atoms with Gasteiger partial charge in [-0.05, 0) is 37.1 Å². The Morgan fingerprint density at radius 1 is 1.11 bits per heavy atom. The van der Waals surface area contributed by atoms with E-state index in [9.17, 15) is 14.7 Å². The van der Waals surface area contributed by atoms with Crippen LogP contribution in [0.3, 0.4) is 0 Å². The van der Waals surface area contributed by atoms with Crippen molar-refractivity contribution >= 4 is 17.0 Å². The predicted octanol–water partition coefficient (Wildman–Crippen LogP) is 2.48. The van der Waals surface area contributed by atoms with Crippen molar-refractivity contribution in [2.45, 2.75) is 26.4 Å². The smallest absolute Gasteiger partial charge is 0.335 e. The van der Waals surface area contributed by atoms with E-state index in [1.807, 2.05) is 30.3 Å². The molecule has 0 spiro atoms. The molecule has 0 saturated carbocycles. The Morgan fingerprint density at radius 3 is 2.57 bits per heavy atom. The lowest BCUT2D eigenvalue weighted by Crippen LogP contribution is -2.25. The van der Waals surface area contributed by atoms with Crippen LogP contribution in [-0.4, -0.2) is 30.4 Å². The minimum Gasteiger partial charge on any atom is -0.478 e. The zero-order chi connectivity index (χ0) is 19.7. The van der Waals surface area contributed by atoms with Crippen LogP contribution in [0.5, 0.6) is 0 Å². The number of fused-ring (bicyclic) bond motifs is 1. The molecule has 4 rings (SSSR count). The summed E-state index contributed by atoms with van der Waals surface area (Å²) >= 11 is 0. The first-order valence-corrected chi connectivity index (χ1v) is 8.82. The van der Waals surface area contributed by atoms with Gasteiger partial charge in [0.05, 0.1) is 16.6 Å².